The first-order valence-electron chi connectivity index (χ1n) is 14.0. The van der Waals surface area contributed by atoms with E-state index in [9.17, 15) is 43.2 Å². The predicted octanol–water partition coefficient (Wildman–Crippen LogP) is -0.0613. The lowest BCUT2D eigenvalue weighted by molar-refractivity contribution is -0.136. The molecule has 2 aliphatic heterocycles. The molecule has 1 aromatic carbocycles. The van der Waals surface area contributed by atoms with Gasteiger partial charge in [0, 0.05) is 64.3 Å². The Kier molecular flexibility index (Phi) is 11.9. The third-order valence-corrected chi connectivity index (χ3v) is 6.99. The Bertz CT molecular complexity index is 1340. The Labute approximate surface area is 247 Å². The molecule has 1 aromatic rings. The number of nitrogens with two attached hydrogens (primary N) is 1. The number of Topliss-reactive ketones (excluding diaryl/α,β-unsaturated/α-hetero) is 4. The molecule has 0 bridgehead atoms. The van der Waals surface area contributed by atoms with Gasteiger partial charge in [-0.05, 0) is 25.1 Å². The number of imide groups is 2. The van der Waals surface area contributed by atoms with Gasteiger partial charge in [-0.2, -0.15) is 0 Å². The number of ketones is 4. The fourth-order valence-corrected chi connectivity index (χ4v) is 4.64. The Morgan fingerprint density at radius 1 is 0.837 bits per heavy atom. The van der Waals surface area contributed by atoms with Crippen LogP contribution in [0.5, 0.6) is 5.75 Å². The van der Waals surface area contributed by atoms with Crippen LogP contribution in [0.1, 0.15) is 84.9 Å². The largest absolute Gasteiger partial charge is 0.483 e. The fourth-order valence-electron chi connectivity index (χ4n) is 4.64. The Morgan fingerprint density at radius 2 is 1.42 bits per heavy atom. The number of nitrogens with zero attached hydrogens (tertiary/aromatic N) is 1. The third-order valence-electron chi connectivity index (χ3n) is 6.99. The highest BCUT2D eigenvalue weighted by atomic mass is 16.5. The van der Waals surface area contributed by atoms with Crippen LogP contribution in [-0.4, -0.2) is 83.3 Å². The van der Waals surface area contributed by atoms with E-state index >= 15 is 0 Å². The quantitative estimate of drug-likeness (QED) is 0.190. The molecule has 0 saturated carbocycles. The molecule has 0 aromatic heterocycles. The third kappa shape index (κ3) is 9.20. The van der Waals surface area contributed by atoms with E-state index < -0.39 is 42.2 Å². The number of carbonyl (C=O) groups is 9. The summed E-state index contributed by atoms with van der Waals surface area (Å²) in [5.74, 6) is -4.13. The maximum atomic E-state index is 13.1. The highest BCUT2D eigenvalue weighted by molar-refractivity contribution is 6.24. The van der Waals surface area contributed by atoms with Gasteiger partial charge in [-0.1, -0.05) is 6.07 Å². The smallest absolute Gasteiger partial charge is 0.266 e. The van der Waals surface area contributed by atoms with Crippen LogP contribution in [0.3, 0.4) is 0 Å². The first-order chi connectivity index (χ1) is 20.5. The summed E-state index contributed by atoms with van der Waals surface area (Å²) in [6, 6.07) is 3.13. The molecule has 0 radical (unpaired) electrons. The van der Waals surface area contributed by atoms with Crippen molar-refractivity contribution < 1.29 is 47.9 Å². The molecule has 0 spiro atoms. The van der Waals surface area contributed by atoms with Crippen molar-refractivity contribution in [3.63, 3.8) is 0 Å². The summed E-state index contributed by atoms with van der Waals surface area (Å²) in [5.41, 5.74) is 5.20. The van der Waals surface area contributed by atoms with Crippen LogP contribution in [0.25, 0.3) is 0 Å². The lowest BCUT2D eigenvalue weighted by Gasteiger charge is -2.27. The molecule has 2 heterocycles. The SMILES string of the molecule is NCCC(=O)CCC(=O)CCC(=O)CCC(=O)CCNC(=O)COc1cccc2c1C(=O)N(C1CCC(=O)NC1=O)C2=O. The standard InChI is InChI=1S/C29H34N4O10/c30-14-12-19(36)8-6-17(34)4-5-18(35)7-9-20(37)13-15-31-25(39)16-43-23-3-1-2-21-26(23)29(42)33(28(21)41)22-10-11-24(38)32-27(22)40/h1-3,22H,4-16,30H2,(H,31,39)(H,32,38,40). The number of hydrogen-bond acceptors (Lipinski definition) is 11. The summed E-state index contributed by atoms with van der Waals surface area (Å²) in [6.07, 6.45) is 0.272. The molecule has 230 valence electrons. The summed E-state index contributed by atoms with van der Waals surface area (Å²) < 4.78 is 5.49. The number of rotatable bonds is 18. The average molecular weight is 599 g/mol. The number of nitrogens with one attached hydrogen (secondary N) is 2. The van der Waals surface area contributed by atoms with Crippen molar-refractivity contribution in [2.45, 2.75) is 70.3 Å². The normalized spacial score (nSPS) is 16.0. The fraction of sp³-hybridized carbons (Fsp3) is 0.483. The highest BCUT2D eigenvalue weighted by Crippen LogP contribution is 2.33. The van der Waals surface area contributed by atoms with Gasteiger partial charge in [-0.15, -0.1) is 0 Å². The Balaban J connectivity index is 1.37. The monoisotopic (exact) mass is 598 g/mol. The lowest BCUT2D eigenvalue weighted by atomic mass is 10.0. The second-order valence-electron chi connectivity index (χ2n) is 10.2. The first-order valence-corrected chi connectivity index (χ1v) is 14.0. The van der Waals surface area contributed by atoms with E-state index in [0.29, 0.717) is 0 Å². The summed E-state index contributed by atoms with van der Waals surface area (Å²) in [6.45, 7) is -0.306. The van der Waals surface area contributed by atoms with Gasteiger partial charge in [0.25, 0.3) is 17.7 Å². The van der Waals surface area contributed by atoms with Gasteiger partial charge in [-0.25, -0.2) is 0 Å². The number of carbonyl (C=O) groups excluding carboxylic acids is 9. The van der Waals surface area contributed by atoms with Gasteiger partial charge in [0.05, 0.1) is 11.1 Å². The topological polar surface area (TPSA) is 216 Å². The maximum absolute atomic E-state index is 13.1. The maximum Gasteiger partial charge on any atom is 0.266 e. The molecule has 2 aliphatic rings. The van der Waals surface area contributed by atoms with E-state index in [1.807, 2.05) is 0 Å². The molecule has 1 fully saturated rings. The number of ether oxygens (including phenoxy) is 1. The van der Waals surface area contributed by atoms with E-state index in [-0.39, 0.29) is 117 Å². The molecule has 1 saturated heterocycles. The van der Waals surface area contributed by atoms with Crippen LogP contribution < -0.4 is 21.1 Å². The van der Waals surface area contributed by atoms with Gasteiger partial charge < -0.3 is 15.8 Å². The highest BCUT2D eigenvalue weighted by Gasteiger charge is 2.46. The van der Waals surface area contributed by atoms with E-state index in [1.165, 1.54) is 18.2 Å². The second kappa shape index (κ2) is 15.6. The molecule has 0 aliphatic carbocycles. The van der Waals surface area contributed by atoms with Crippen LogP contribution in [0.2, 0.25) is 0 Å². The van der Waals surface area contributed by atoms with Crippen LogP contribution >= 0.6 is 0 Å². The molecule has 3 rings (SSSR count). The van der Waals surface area contributed by atoms with Crippen LogP contribution in [0, 0.1) is 0 Å². The minimum Gasteiger partial charge on any atom is -0.483 e. The van der Waals surface area contributed by atoms with Crippen molar-refractivity contribution in [3.05, 3.63) is 29.3 Å². The van der Waals surface area contributed by atoms with Crippen molar-refractivity contribution in [1.82, 2.24) is 15.5 Å². The molecule has 5 amide bonds. The zero-order valence-corrected chi connectivity index (χ0v) is 23.6. The van der Waals surface area contributed by atoms with Crippen molar-refractivity contribution in [3.8, 4) is 5.75 Å². The van der Waals surface area contributed by atoms with Crippen molar-refractivity contribution in [2.75, 3.05) is 19.7 Å². The molecule has 1 atom stereocenters. The predicted molar refractivity (Wildman–Crippen MR) is 148 cm³/mol. The first kappa shape index (κ1) is 32.9. The number of amides is 5. The van der Waals surface area contributed by atoms with Gasteiger partial charge in [0.2, 0.25) is 11.8 Å². The molecule has 14 heteroatoms. The van der Waals surface area contributed by atoms with E-state index in [0.717, 1.165) is 4.90 Å². The summed E-state index contributed by atoms with van der Waals surface area (Å²) in [5, 5.41) is 4.62. The summed E-state index contributed by atoms with van der Waals surface area (Å²) in [4.78, 5) is 110. The zero-order chi connectivity index (χ0) is 31.5. The van der Waals surface area contributed by atoms with E-state index in [4.69, 9.17) is 10.5 Å². The molecule has 4 N–H and O–H groups in total. The van der Waals surface area contributed by atoms with Gasteiger partial charge >= 0.3 is 0 Å². The second-order valence-corrected chi connectivity index (χ2v) is 10.2. The van der Waals surface area contributed by atoms with Crippen LogP contribution in [0.15, 0.2) is 18.2 Å². The summed E-state index contributed by atoms with van der Waals surface area (Å²) in [7, 11) is 0. The van der Waals surface area contributed by atoms with E-state index in [1.54, 1.807) is 0 Å². The number of hydrogen-bond donors (Lipinski definition) is 3. The van der Waals surface area contributed by atoms with Gasteiger partial charge in [-0.3, -0.25) is 53.4 Å². The molecule has 43 heavy (non-hydrogen) atoms. The van der Waals surface area contributed by atoms with Crippen LogP contribution in [0.4, 0.5) is 0 Å². The molecular weight excluding hydrogens is 564 g/mol. The molecular formula is C29H34N4O10. The van der Waals surface area contributed by atoms with Crippen LogP contribution in [-0.2, 0) is 33.6 Å². The molecule has 14 nitrogen and oxygen atoms in total. The van der Waals surface area contributed by atoms with E-state index in [2.05, 4.69) is 10.6 Å². The number of piperidine rings is 1. The Hall–Kier alpha value is -4.59. The number of benzene rings is 1. The van der Waals surface area contributed by atoms with Gasteiger partial charge in [0.1, 0.15) is 34.9 Å². The van der Waals surface area contributed by atoms with Gasteiger partial charge in [0.15, 0.2) is 6.61 Å². The van der Waals surface area contributed by atoms with Crippen molar-refractivity contribution in [1.29, 1.82) is 0 Å². The van der Waals surface area contributed by atoms with Crippen molar-refractivity contribution in [2.24, 2.45) is 5.73 Å². The Morgan fingerprint density at radius 3 is 2.00 bits per heavy atom. The lowest BCUT2D eigenvalue weighted by Crippen LogP contribution is -2.54. The average Bonchev–Trinajstić information content (AvgIpc) is 3.22. The van der Waals surface area contributed by atoms with Crippen molar-refractivity contribution >= 4 is 52.7 Å². The minimum absolute atomic E-state index is 0.000424. The minimum atomic E-state index is -1.14. The zero-order valence-electron chi connectivity index (χ0n) is 23.6. The number of fused-ring (bicyclic) bond motifs is 1. The molecule has 1 unspecified atom stereocenters. The summed E-state index contributed by atoms with van der Waals surface area (Å²) >= 11 is 0.